The SMILES string of the molecule is Cc1ccccc1OCCCCn1c(C2CC(=O)N(c3ccccc3)C2)nc2ccccc21. The van der Waals surface area contributed by atoms with Gasteiger partial charge in [-0.05, 0) is 55.7 Å². The molecule has 1 atom stereocenters. The molecule has 5 nitrogen and oxygen atoms in total. The third-order valence-electron chi connectivity index (χ3n) is 6.37. The van der Waals surface area contributed by atoms with Crippen molar-refractivity contribution in [3.05, 3.63) is 90.3 Å². The number of anilines is 1. The number of hydrogen-bond acceptors (Lipinski definition) is 3. The summed E-state index contributed by atoms with van der Waals surface area (Å²) >= 11 is 0. The molecular formula is C28H29N3O2. The van der Waals surface area contributed by atoms with Crippen LogP contribution < -0.4 is 9.64 Å². The van der Waals surface area contributed by atoms with Crippen molar-refractivity contribution >= 4 is 22.6 Å². The molecule has 0 spiro atoms. The largest absolute Gasteiger partial charge is 0.493 e. The van der Waals surface area contributed by atoms with Crippen molar-refractivity contribution in [2.45, 2.75) is 38.6 Å². The van der Waals surface area contributed by atoms with Crippen LogP contribution in [0.25, 0.3) is 11.0 Å². The summed E-state index contributed by atoms with van der Waals surface area (Å²) < 4.78 is 8.29. The Kier molecular flexibility index (Phi) is 6.11. The molecule has 2 heterocycles. The van der Waals surface area contributed by atoms with Gasteiger partial charge in [-0.2, -0.15) is 0 Å². The van der Waals surface area contributed by atoms with E-state index in [0.717, 1.165) is 53.2 Å². The van der Waals surface area contributed by atoms with Gasteiger partial charge in [-0.3, -0.25) is 4.79 Å². The van der Waals surface area contributed by atoms with Gasteiger partial charge in [-0.1, -0.05) is 48.5 Å². The fourth-order valence-electron chi connectivity index (χ4n) is 4.65. The third-order valence-corrected chi connectivity index (χ3v) is 6.37. The number of carbonyl (C=O) groups excluding carboxylic acids is 1. The number of nitrogens with zero attached hydrogens (tertiary/aromatic N) is 3. The number of carbonyl (C=O) groups is 1. The van der Waals surface area contributed by atoms with Gasteiger partial charge in [0.05, 0.1) is 17.6 Å². The van der Waals surface area contributed by atoms with E-state index < -0.39 is 0 Å². The first-order chi connectivity index (χ1) is 16.2. The monoisotopic (exact) mass is 439 g/mol. The number of amides is 1. The normalized spacial score (nSPS) is 16.0. The highest BCUT2D eigenvalue weighted by molar-refractivity contribution is 5.96. The minimum atomic E-state index is 0.0910. The molecule has 0 saturated carbocycles. The van der Waals surface area contributed by atoms with Crippen LogP contribution in [-0.4, -0.2) is 28.6 Å². The number of rotatable bonds is 8. The van der Waals surface area contributed by atoms with Crippen LogP contribution in [0, 0.1) is 6.92 Å². The highest BCUT2D eigenvalue weighted by Crippen LogP contribution is 2.33. The Hall–Kier alpha value is -3.60. The lowest BCUT2D eigenvalue weighted by Gasteiger charge is -2.17. The number of aryl methyl sites for hydroxylation is 2. The van der Waals surface area contributed by atoms with Crippen molar-refractivity contribution in [3.8, 4) is 5.75 Å². The second-order valence-corrected chi connectivity index (χ2v) is 8.67. The van der Waals surface area contributed by atoms with Gasteiger partial charge in [-0.15, -0.1) is 0 Å². The Morgan fingerprint density at radius 3 is 2.55 bits per heavy atom. The van der Waals surface area contributed by atoms with Gasteiger partial charge in [0, 0.05) is 31.1 Å². The van der Waals surface area contributed by atoms with Gasteiger partial charge in [0.15, 0.2) is 0 Å². The molecule has 168 valence electrons. The first-order valence-corrected chi connectivity index (χ1v) is 11.7. The minimum Gasteiger partial charge on any atom is -0.493 e. The van der Waals surface area contributed by atoms with Crippen LogP contribution in [0.3, 0.4) is 0 Å². The van der Waals surface area contributed by atoms with E-state index in [1.54, 1.807) is 0 Å². The Bertz CT molecular complexity index is 1250. The predicted octanol–water partition coefficient (Wildman–Crippen LogP) is 5.72. The molecule has 1 amide bonds. The molecule has 0 N–H and O–H groups in total. The Morgan fingerprint density at radius 1 is 0.939 bits per heavy atom. The molecule has 1 fully saturated rings. The number of fused-ring (bicyclic) bond motifs is 1. The molecule has 0 aliphatic carbocycles. The van der Waals surface area contributed by atoms with E-state index in [2.05, 4.69) is 35.8 Å². The van der Waals surface area contributed by atoms with Crippen LogP contribution in [0.5, 0.6) is 5.75 Å². The molecule has 1 aliphatic heterocycles. The van der Waals surface area contributed by atoms with Crippen molar-refractivity contribution in [1.82, 2.24) is 9.55 Å². The zero-order chi connectivity index (χ0) is 22.6. The number of ether oxygens (including phenoxy) is 1. The number of benzene rings is 3. The highest BCUT2D eigenvalue weighted by atomic mass is 16.5. The quantitative estimate of drug-likeness (QED) is 0.330. The Balaban J connectivity index is 1.30. The Labute approximate surface area is 194 Å². The molecule has 1 unspecified atom stereocenters. The van der Waals surface area contributed by atoms with Crippen molar-refractivity contribution in [2.75, 3.05) is 18.1 Å². The topological polar surface area (TPSA) is 47.4 Å². The summed E-state index contributed by atoms with van der Waals surface area (Å²) in [5.74, 6) is 2.23. The molecule has 1 aromatic heterocycles. The number of para-hydroxylation sites is 4. The average molecular weight is 440 g/mol. The van der Waals surface area contributed by atoms with Crippen LogP contribution >= 0.6 is 0 Å². The number of unbranched alkanes of at least 4 members (excludes halogenated alkanes) is 1. The fourth-order valence-corrected chi connectivity index (χ4v) is 4.65. The van der Waals surface area contributed by atoms with Gasteiger partial charge in [0.25, 0.3) is 0 Å². The fraction of sp³-hybridized carbons (Fsp3) is 0.286. The van der Waals surface area contributed by atoms with Gasteiger partial charge in [0.1, 0.15) is 11.6 Å². The zero-order valence-corrected chi connectivity index (χ0v) is 19.0. The van der Waals surface area contributed by atoms with E-state index in [4.69, 9.17) is 9.72 Å². The minimum absolute atomic E-state index is 0.0910. The van der Waals surface area contributed by atoms with Gasteiger partial charge >= 0.3 is 0 Å². The lowest BCUT2D eigenvalue weighted by molar-refractivity contribution is -0.117. The van der Waals surface area contributed by atoms with Crippen LogP contribution in [-0.2, 0) is 11.3 Å². The van der Waals surface area contributed by atoms with Crippen molar-refractivity contribution in [3.63, 3.8) is 0 Å². The lowest BCUT2D eigenvalue weighted by atomic mass is 10.1. The van der Waals surface area contributed by atoms with Crippen LogP contribution in [0.1, 0.15) is 36.6 Å². The lowest BCUT2D eigenvalue weighted by Crippen LogP contribution is -2.24. The summed E-state index contributed by atoms with van der Waals surface area (Å²) in [6.45, 7) is 4.29. The van der Waals surface area contributed by atoms with Gasteiger partial charge in [-0.25, -0.2) is 4.98 Å². The summed E-state index contributed by atoms with van der Waals surface area (Å²) in [5, 5.41) is 0. The smallest absolute Gasteiger partial charge is 0.227 e. The molecule has 0 bridgehead atoms. The Morgan fingerprint density at radius 2 is 1.70 bits per heavy atom. The summed E-state index contributed by atoms with van der Waals surface area (Å²) in [6, 6.07) is 26.3. The average Bonchev–Trinajstić information content (AvgIpc) is 3.41. The van der Waals surface area contributed by atoms with Crippen LogP contribution in [0.4, 0.5) is 5.69 Å². The molecule has 4 aromatic rings. The van der Waals surface area contributed by atoms with E-state index in [1.165, 1.54) is 0 Å². The first-order valence-electron chi connectivity index (χ1n) is 11.7. The highest BCUT2D eigenvalue weighted by Gasteiger charge is 2.34. The van der Waals surface area contributed by atoms with Gasteiger partial charge < -0.3 is 14.2 Å². The second kappa shape index (κ2) is 9.49. The summed E-state index contributed by atoms with van der Waals surface area (Å²) in [6.07, 6.45) is 2.44. The van der Waals surface area contributed by atoms with Crippen LogP contribution in [0.2, 0.25) is 0 Å². The first kappa shape index (κ1) is 21.3. The van der Waals surface area contributed by atoms with Crippen LogP contribution in [0.15, 0.2) is 78.9 Å². The second-order valence-electron chi connectivity index (χ2n) is 8.67. The molecule has 0 radical (unpaired) electrons. The van der Waals surface area contributed by atoms with Crippen molar-refractivity contribution in [2.24, 2.45) is 0 Å². The van der Waals surface area contributed by atoms with Gasteiger partial charge in [0.2, 0.25) is 5.91 Å². The third kappa shape index (κ3) is 4.49. The molecule has 33 heavy (non-hydrogen) atoms. The molecule has 5 rings (SSSR count). The van der Waals surface area contributed by atoms with Crippen molar-refractivity contribution < 1.29 is 9.53 Å². The predicted molar refractivity (Wildman–Crippen MR) is 132 cm³/mol. The summed E-state index contributed by atoms with van der Waals surface area (Å²) in [5.41, 5.74) is 4.25. The maximum absolute atomic E-state index is 12.8. The van der Waals surface area contributed by atoms with E-state index in [1.807, 2.05) is 59.5 Å². The molecular weight excluding hydrogens is 410 g/mol. The van der Waals surface area contributed by atoms with Crippen molar-refractivity contribution in [1.29, 1.82) is 0 Å². The summed E-state index contributed by atoms with van der Waals surface area (Å²) in [7, 11) is 0. The van der Waals surface area contributed by atoms with E-state index in [9.17, 15) is 4.79 Å². The number of aromatic nitrogens is 2. The zero-order valence-electron chi connectivity index (χ0n) is 19.0. The molecule has 1 aliphatic rings. The maximum atomic E-state index is 12.8. The summed E-state index contributed by atoms with van der Waals surface area (Å²) in [4.78, 5) is 19.7. The number of imidazole rings is 1. The molecule has 1 saturated heterocycles. The van der Waals surface area contributed by atoms with E-state index in [0.29, 0.717) is 19.6 Å². The number of hydrogen-bond donors (Lipinski definition) is 0. The standard InChI is InChI=1S/C28H29N3O2/c1-21-11-5-8-16-26(21)33-18-10-9-17-30-25-15-7-6-14-24(25)29-28(30)22-19-27(32)31(20-22)23-12-3-2-4-13-23/h2-8,11-16,22H,9-10,17-20H2,1H3. The van der Waals surface area contributed by atoms with E-state index >= 15 is 0 Å². The maximum Gasteiger partial charge on any atom is 0.227 e. The molecule has 3 aromatic carbocycles. The molecule has 5 heteroatoms. The van der Waals surface area contributed by atoms with E-state index in [-0.39, 0.29) is 11.8 Å².